The molecule has 7 heteroatoms. The number of nitrogens with one attached hydrogen (secondary N) is 1. The van der Waals surface area contributed by atoms with E-state index in [1.54, 1.807) is 31.2 Å². The molecule has 2 aromatic carbocycles. The van der Waals surface area contributed by atoms with Crippen molar-refractivity contribution in [2.24, 2.45) is 0 Å². The first kappa shape index (κ1) is 22.5. The van der Waals surface area contributed by atoms with E-state index in [0.717, 1.165) is 11.1 Å². The van der Waals surface area contributed by atoms with Crippen molar-refractivity contribution in [2.75, 3.05) is 0 Å². The second kappa shape index (κ2) is 10.1. The number of amides is 2. The molecule has 0 saturated carbocycles. The largest absolute Gasteiger partial charge is 0.352 e. The molecule has 0 saturated heterocycles. The number of rotatable bonds is 7. The highest BCUT2D eigenvalue weighted by Crippen LogP contribution is 2.24. The van der Waals surface area contributed by atoms with Crippen LogP contribution in [0.1, 0.15) is 31.9 Å². The Morgan fingerprint density at radius 3 is 2.25 bits per heavy atom. The van der Waals surface area contributed by atoms with Gasteiger partial charge in [-0.15, -0.1) is 0 Å². The summed E-state index contributed by atoms with van der Waals surface area (Å²) in [7, 11) is 0. The van der Waals surface area contributed by atoms with Crippen LogP contribution in [-0.2, 0) is 22.6 Å². The Hall–Kier alpha value is -1.75. The molecule has 2 rings (SSSR count). The fraction of sp³-hybridized carbons (Fsp3) is 0.333. The summed E-state index contributed by atoms with van der Waals surface area (Å²) in [5, 5.41) is 4.21. The number of carbonyl (C=O) groups excluding carboxylic acids is 2. The van der Waals surface area contributed by atoms with Gasteiger partial charge in [0, 0.05) is 17.6 Å². The number of hydrogen-bond acceptors (Lipinski definition) is 2. The average Bonchev–Trinajstić information content (AvgIpc) is 2.63. The zero-order valence-corrected chi connectivity index (χ0v) is 18.3. The van der Waals surface area contributed by atoms with Gasteiger partial charge in [0.15, 0.2) is 0 Å². The quantitative estimate of drug-likeness (QED) is 0.647. The first-order chi connectivity index (χ1) is 13.2. The molecular weight excluding hydrogens is 419 g/mol. The van der Waals surface area contributed by atoms with E-state index in [9.17, 15) is 9.59 Å². The molecule has 1 atom stereocenters. The minimum atomic E-state index is -0.658. The van der Waals surface area contributed by atoms with Crippen molar-refractivity contribution in [3.63, 3.8) is 0 Å². The molecule has 2 aromatic rings. The first-order valence-electron chi connectivity index (χ1n) is 8.96. The predicted octanol–water partition coefficient (Wildman–Crippen LogP) is 5.13. The van der Waals surface area contributed by atoms with Gasteiger partial charge in [0.05, 0.1) is 16.5 Å². The molecule has 0 aliphatic heterocycles. The molecule has 0 aromatic heterocycles. The maximum atomic E-state index is 13.1. The van der Waals surface area contributed by atoms with E-state index in [1.165, 1.54) is 4.90 Å². The van der Waals surface area contributed by atoms with E-state index < -0.39 is 6.04 Å². The summed E-state index contributed by atoms with van der Waals surface area (Å²) in [4.78, 5) is 27.2. The van der Waals surface area contributed by atoms with E-state index in [1.807, 2.05) is 32.0 Å². The second-order valence-corrected chi connectivity index (χ2v) is 8.10. The van der Waals surface area contributed by atoms with Crippen molar-refractivity contribution in [2.45, 2.75) is 45.8 Å². The molecule has 0 fully saturated rings. The lowest BCUT2D eigenvalue weighted by molar-refractivity contribution is -0.140. The van der Waals surface area contributed by atoms with Crippen molar-refractivity contribution in [1.29, 1.82) is 0 Å². The summed E-state index contributed by atoms with van der Waals surface area (Å²) in [5.41, 5.74) is 1.50. The zero-order valence-electron chi connectivity index (χ0n) is 16.0. The highest BCUT2D eigenvalue weighted by atomic mass is 35.5. The Morgan fingerprint density at radius 2 is 1.64 bits per heavy atom. The van der Waals surface area contributed by atoms with Gasteiger partial charge >= 0.3 is 0 Å². The Kier molecular flexibility index (Phi) is 8.17. The molecule has 2 amide bonds. The summed E-state index contributed by atoms with van der Waals surface area (Å²) in [6.07, 6.45) is 0.0979. The number of carbonyl (C=O) groups is 2. The molecule has 4 nitrogen and oxygen atoms in total. The Labute approximate surface area is 180 Å². The van der Waals surface area contributed by atoms with Crippen LogP contribution in [0.25, 0.3) is 0 Å². The zero-order chi connectivity index (χ0) is 20.8. The summed E-state index contributed by atoms with van der Waals surface area (Å²) < 4.78 is 0. The van der Waals surface area contributed by atoms with Gasteiger partial charge in [0.2, 0.25) is 11.8 Å². The lowest BCUT2D eigenvalue weighted by Crippen LogP contribution is -2.49. The summed E-state index contributed by atoms with van der Waals surface area (Å²) in [6, 6.07) is 11.7. The molecule has 150 valence electrons. The fourth-order valence-corrected chi connectivity index (χ4v) is 3.24. The topological polar surface area (TPSA) is 49.4 Å². The highest BCUT2D eigenvalue weighted by Gasteiger charge is 2.27. The van der Waals surface area contributed by atoms with Gasteiger partial charge in [0.1, 0.15) is 6.04 Å². The maximum absolute atomic E-state index is 13.1. The van der Waals surface area contributed by atoms with Crippen LogP contribution in [0.4, 0.5) is 0 Å². The van der Waals surface area contributed by atoms with E-state index in [0.29, 0.717) is 15.1 Å². The number of nitrogens with zero attached hydrogens (tertiary/aromatic N) is 1. The van der Waals surface area contributed by atoms with Crippen LogP contribution < -0.4 is 5.32 Å². The van der Waals surface area contributed by atoms with Crippen molar-refractivity contribution in [3.8, 4) is 0 Å². The van der Waals surface area contributed by atoms with Crippen molar-refractivity contribution < 1.29 is 9.59 Å². The van der Waals surface area contributed by atoms with Gasteiger partial charge in [-0.25, -0.2) is 0 Å². The monoisotopic (exact) mass is 440 g/mol. The molecule has 0 heterocycles. The van der Waals surface area contributed by atoms with Crippen LogP contribution >= 0.6 is 34.8 Å². The fourth-order valence-electron chi connectivity index (χ4n) is 2.72. The lowest BCUT2D eigenvalue weighted by atomic mass is 10.1. The SMILES string of the molecule is CC(C)NC(=O)C(C)N(Cc1ccccc1Cl)C(=O)Cc1ccc(Cl)c(Cl)c1. The predicted molar refractivity (Wildman–Crippen MR) is 115 cm³/mol. The Bertz CT molecular complexity index is 855. The Morgan fingerprint density at radius 1 is 0.964 bits per heavy atom. The van der Waals surface area contributed by atoms with Crippen molar-refractivity contribution in [1.82, 2.24) is 10.2 Å². The molecule has 0 radical (unpaired) electrons. The molecule has 0 aliphatic carbocycles. The van der Waals surface area contributed by atoms with E-state index in [-0.39, 0.29) is 30.8 Å². The third-order valence-electron chi connectivity index (χ3n) is 4.24. The van der Waals surface area contributed by atoms with Gasteiger partial charge in [-0.2, -0.15) is 0 Å². The summed E-state index contributed by atoms with van der Waals surface area (Å²) >= 11 is 18.3. The van der Waals surface area contributed by atoms with Crippen LogP contribution in [0.2, 0.25) is 15.1 Å². The van der Waals surface area contributed by atoms with Crippen LogP contribution in [0.3, 0.4) is 0 Å². The standard InChI is InChI=1S/C21H23Cl3N2O2/c1-13(2)25-21(28)14(3)26(12-16-6-4-5-7-17(16)22)20(27)11-15-8-9-18(23)19(24)10-15/h4-10,13-14H,11-12H2,1-3H3,(H,25,28). The lowest BCUT2D eigenvalue weighted by Gasteiger charge is -2.29. The summed E-state index contributed by atoms with van der Waals surface area (Å²) in [5.74, 6) is -0.422. The van der Waals surface area contributed by atoms with Crippen LogP contribution in [0, 0.1) is 0 Å². The Balaban J connectivity index is 2.27. The minimum Gasteiger partial charge on any atom is -0.352 e. The third-order valence-corrected chi connectivity index (χ3v) is 5.34. The maximum Gasteiger partial charge on any atom is 0.242 e. The molecular formula is C21H23Cl3N2O2. The molecule has 28 heavy (non-hydrogen) atoms. The van der Waals surface area contributed by atoms with Crippen LogP contribution in [0.15, 0.2) is 42.5 Å². The highest BCUT2D eigenvalue weighted by molar-refractivity contribution is 6.42. The van der Waals surface area contributed by atoms with Crippen LogP contribution in [-0.4, -0.2) is 28.8 Å². The van der Waals surface area contributed by atoms with E-state index in [4.69, 9.17) is 34.8 Å². The minimum absolute atomic E-state index is 0.0257. The van der Waals surface area contributed by atoms with Gasteiger partial charge in [-0.05, 0) is 50.1 Å². The molecule has 1 unspecified atom stereocenters. The first-order valence-corrected chi connectivity index (χ1v) is 10.1. The van der Waals surface area contributed by atoms with Crippen LogP contribution in [0.5, 0.6) is 0 Å². The van der Waals surface area contributed by atoms with Crippen molar-refractivity contribution in [3.05, 3.63) is 68.7 Å². The van der Waals surface area contributed by atoms with Gasteiger partial charge in [-0.1, -0.05) is 59.1 Å². The van der Waals surface area contributed by atoms with Crippen molar-refractivity contribution >= 4 is 46.6 Å². The van der Waals surface area contributed by atoms with E-state index in [2.05, 4.69) is 5.32 Å². The molecule has 0 bridgehead atoms. The van der Waals surface area contributed by atoms with Gasteiger partial charge < -0.3 is 10.2 Å². The molecule has 0 aliphatic rings. The third kappa shape index (κ3) is 6.13. The number of hydrogen-bond donors (Lipinski definition) is 1. The normalized spacial score (nSPS) is 12.0. The average molecular weight is 442 g/mol. The van der Waals surface area contributed by atoms with Gasteiger partial charge in [-0.3, -0.25) is 9.59 Å². The van der Waals surface area contributed by atoms with E-state index >= 15 is 0 Å². The molecule has 1 N–H and O–H groups in total. The smallest absolute Gasteiger partial charge is 0.242 e. The van der Waals surface area contributed by atoms with Gasteiger partial charge in [0.25, 0.3) is 0 Å². The number of benzene rings is 2. The second-order valence-electron chi connectivity index (χ2n) is 6.88. The molecule has 0 spiro atoms. The number of halogens is 3. The summed E-state index contributed by atoms with van der Waals surface area (Å²) in [6.45, 7) is 5.69.